The van der Waals surface area contributed by atoms with Gasteiger partial charge in [0.05, 0.1) is 37.3 Å². The first kappa shape index (κ1) is 19.7. The fourth-order valence-corrected chi connectivity index (χ4v) is 5.08. The second-order valence-corrected chi connectivity index (χ2v) is 8.70. The molecular weight excluding hydrogens is 364 g/mol. The highest BCUT2D eigenvalue weighted by atomic mass is 32.2. The smallest absolute Gasteiger partial charge is 0.264 e. The first-order valence-corrected chi connectivity index (χ1v) is 10.7. The summed E-state index contributed by atoms with van der Waals surface area (Å²) in [7, 11) is -2.32. The fourth-order valence-electron chi connectivity index (χ4n) is 3.55. The van der Waals surface area contributed by atoms with Gasteiger partial charge in [-0.3, -0.25) is 4.31 Å². The number of nitrogens with one attached hydrogen (secondary N) is 1. The molecule has 1 saturated heterocycles. The van der Waals surface area contributed by atoms with Crippen LogP contribution in [0.5, 0.6) is 5.75 Å². The molecule has 2 aromatic carbocycles. The van der Waals surface area contributed by atoms with Crippen LogP contribution in [0, 0.1) is 0 Å². The lowest BCUT2D eigenvalue weighted by atomic mass is 10.2. The van der Waals surface area contributed by atoms with E-state index in [0.717, 1.165) is 25.9 Å². The zero-order chi connectivity index (χ0) is 19.3. The number of rotatable bonds is 8. The Kier molecular flexibility index (Phi) is 6.36. The molecule has 0 spiro atoms. The molecular formula is C20H27N2O4S+. The third-order valence-corrected chi connectivity index (χ3v) is 6.69. The second kappa shape index (κ2) is 8.73. The molecule has 0 radical (unpaired) electrons. The predicted octanol–water partition coefficient (Wildman–Crippen LogP) is 0.930. The van der Waals surface area contributed by atoms with Gasteiger partial charge in [-0.05, 0) is 24.3 Å². The zero-order valence-electron chi connectivity index (χ0n) is 15.5. The van der Waals surface area contributed by atoms with Crippen molar-refractivity contribution in [2.75, 3.05) is 37.6 Å². The van der Waals surface area contributed by atoms with E-state index in [9.17, 15) is 13.5 Å². The van der Waals surface area contributed by atoms with Crippen LogP contribution in [0.1, 0.15) is 12.8 Å². The number of sulfonamides is 1. The van der Waals surface area contributed by atoms with Crippen LogP contribution >= 0.6 is 0 Å². The van der Waals surface area contributed by atoms with Gasteiger partial charge in [0, 0.05) is 12.8 Å². The number of aliphatic hydroxyl groups excluding tert-OH is 1. The lowest BCUT2D eigenvalue weighted by Crippen LogP contribution is -3.11. The summed E-state index contributed by atoms with van der Waals surface area (Å²) < 4.78 is 33.3. The topological polar surface area (TPSA) is 71.3 Å². The number of benzene rings is 2. The van der Waals surface area contributed by atoms with E-state index in [1.165, 1.54) is 16.3 Å². The molecule has 6 nitrogen and oxygen atoms in total. The van der Waals surface area contributed by atoms with Gasteiger partial charge in [-0.15, -0.1) is 0 Å². The molecule has 7 heteroatoms. The number of ether oxygens (including phenoxy) is 1. The highest BCUT2D eigenvalue weighted by Gasteiger charge is 2.30. The Bertz CT molecular complexity index is 836. The highest BCUT2D eigenvalue weighted by molar-refractivity contribution is 7.92. The molecule has 1 heterocycles. The van der Waals surface area contributed by atoms with Crippen LogP contribution < -0.4 is 13.9 Å². The van der Waals surface area contributed by atoms with Gasteiger partial charge in [-0.25, -0.2) is 8.42 Å². The number of nitrogens with zero attached hydrogens (tertiary/aromatic N) is 1. The maximum absolute atomic E-state index is 13.3. The van der Waals surface area contributed by atoms with Crippen LogP contribution in [-0.2, 0) is 10.0 Å². The molecule has 0 aromatic heterocycles. The largest absolute Gasteiger partial charge is 0.495 e. The molecule has 1 aliphatic heterocycles. The summed E-state index contributed by atoms with van der Waals surface area (Å²) in [4.78, 5) is 1.51. The van der Waals surface area contributed by atoms with Crippen LogP contribution in [0.25, 0.3) is 0 Å². The third-order valence-electron chi connectivity index (χ3n) is 4.90. The molecule has 1 fully saturated rings. The van der Waals surface area contributed by atoms with E-state index in [2.05, 4.69) is 0 Å². The van der Waals surface area contributed by atoms with E-state index >= 15 is 0 Å². The van der Waals surface area contributed by atoms with Gasteiger partial charge in [0.2, 0.25) is 0 Å². The summed E-state index contributed by atoms with van der Waals surface area (Å²) in [5, 5.41) is 10.6. The number of para-hydroxylation sites is 2. The summed E-state index contributed by atoms with van der Waals surface area (Å²) in [6.45, 7) is 2.57. The number of methoxy groups -OCH3 is 1. The molecule has 27 heavy (non-hydrogen) atoms. The monoisotopic (exact) mass is 391 g/mol. The zero-order valence-corrected chi connectivity index (χ0v) is 16.4. The molecule has 2 aromatic rings. The van der Waals surface area contributed by atoms with Gasteiger partial charge >= 0.3 is 0 Å². The number of hydrogen-bond donors (Lipinski definition) is 2. The van der Waals surface area contributed by atoms with Crippen LogP contribution in [0.2, 0.25) is 0 Å². The molecule has 0 bridgehead atoms. The molecule has 0 saturated carbocycles. The Labute approximate surface area is 161 Å². The van der Waals surface area contributed by atoms with E-state index in [-0.39, 0.29) is 11.4 Å². The van der Waals surface area contributed by atoms with Gasteiger partial charge in [0.15, 0.2) is 0 Å². The lowest BCUT2D eigenvalue weighted by Gasteiger charge is -2.28. The van der Waals surface area contributed by atoms with Crippen molar-refractivity contribution in [3.8, 4) is 5.75 Å². The first-order valence-electron chi connectivity index (χ1n) is 9.25. The fraction of sp³-hybridized carbons (Fsp3) is 0.400. The molecule has 1 atom stereocenters. The normalized spacial score (nSPS) is 16.2. The maximum atomic E-state index is 13.3. The van der Waals surface area contributed by atoms with E-state index in [4.69, 9.17) is 4.74 Å². The minimum Gasteiger partial charge on any atom is -0.495 e. The Morgan fingerprint density at radius 3 is 2.37 bits per heavy atom. The lowest BCUT2D eigenvalue weighted by molar-refractivity contribution is -0.890. The Hall–Kier alpha value is -2.09. The number of hydrogen-bond acceptors (Lipinski definition) is 4. The van der Waals surface area contributed by atoms with Gasteiger partial charge in [0.25, 0.3) is 10.0 Å². The Balaban J connectivity index is 1.93. The molecule has 1 aliphatic rings. The van der Waals surface area contributed by atoms with Crippen molar-refractivity contribution in [3.63, 3.8) is 0 Å². The second-order valence-electron chi connectivity index (χ2n) is 6.84. The summed E-state index contributed by atoms with van der Waals surface area (Å²) >= 11 is 0. The van der Waals surface area contributed by atoms with E-state index in [0.29, 0.717) is 18.0 Å². The van der Waals surface area contributed by atoms with Gasteiger partial charge in [0.1, 0.15) is 18.4 Å². The minimum atomic E-state index is -3.83. The number of anilines is 1. The van der Waals surface area contributed by atoms with E-state index in [1.54, 1.807) is 54.6 Å². The van der Waals surface area contributed by atoms with Gasteiger partial charge in [-0.2, -0.15) is 0 Å². The van der Waals surface area contributed by atoms with Crippen LogP contribution in [0.15, 0.2) is 59.5 Å². The number of aliphatic hydroxyl groups is 1. The SMILES string of the molecule is COc1ccccc1N(C[C@@H](O)C[NH+]1CCCC1)S(=O)(=O)c1ccccc1. The maximum Gasteiger partial charge on any atom is 0.264 e. The van der Waals surface area contributed by atoms with Crippen LogP contribution in [0.4, 0.5) is 5.69 Å². The van der Waals surface area contributed by atoms with Crippen molar-refractivity contribution >= 4 is 15.7 Å². The summed E-state index contributed by atoms with van der Waals surface area (Å²) in [5.41, 5.74) is 0.430. The number of likely N-dealkylation sites (tertiary alicyclic amines) is 1. The number of quaternary nitrogens is 1. The molecule has 2 N–H and O–H groups in total. The molecule has 0 aliphatic carbocycles. The third kappa shape index (κ3) is 4.61. The Morgan fingerprint density at radius 2 is 1.70 bits per heavy atom. The average Bonchev–Trinajstić information content (AvgIpc) is 3.19. The highest BCUT2D eigenvalue weighted by Crippen LogP contribution is 2.32. The first-order chi connectivity index (χ1) is 13.0. The quantitative estimate of drug-likeness (QED) is 0.702. The van der Waals surface area contributed by atoms with Crippen molar-refractivity contribution in [1.29, 1.82) is 0 Å². The Morgan fingerprint density at radius 1 is 1.07 bits per heavy atom. The average molecular weight is 392 g/mol. The van der Waals surface area contributed by atoms with Crippen LogP contribution in [0.3, 0.4) is 0 Å². The van der Waals surface area contributed by atoms with E-state index < -0.39 is 16.1 Å². The molecule has 3 rings (SSSR count). The summed E-state index contributed by atoms with van der Waals surface area (Å²) in [6, 6.07) is 15.3. The summed E-state index contributed by atoms with van der Waals surface area (Å²) in [5.74, 6) is 0.456. The van der Waals surface area contributed by atoms with Crippen molar-refractivity contribution in [3.05, 3.63) is 54.6 Å². The molecule has 0 amide bonds. The predicted molar refractivity (Wildman–Crippen MR) is 105 cm³/mol. The van der Waals surface area contributed by atoms with Crippen molar-refractivity contribution in [2.24, 2.45) is 0 Å². The van der Waals surface area contributed by atoms with Gasteiger partial charge in [-0.1, -0.05) is 30.3 Å². The van der Waals surface area contributed by atoms with Gasteiger partial charge < -0.3 is 14.7 Å². The van der Waals surface area contributed by atoms with Crippen molar-refractivity contribution < 1.29 is 23.2 Å². The standard InChI is InChI=1S/C20H26N2O4S/c1-26-20-12-6-5-11-19(20)22(16-17(23)15-21-13-7-8-14-21)27(24,25)18-9-3-2-4-10-18/h2-6,9-12,17,23H,7-8,13-16H2,1H3/p+1/t17-/m0/s1. The molecule has 0 unspecified atom stereocenters. The van der Waals surface area contributed by atoms with E-state index in [1.807, 2.05) is 0 Å². The van der Waals surface area contributed by atoms with Crippen LogP contribution in [-0.4, -0.2) is 52.9 Å². The van der Waals surface area contributed by atoms with Crippen molar-refractivity contribution in [1.82, 2.24) is 0 Å². The van der Waals surface area contributed by atoms with Crippen molar-refractivity contribution in [2.45, 2.75) is 23.8 Å². The summed E-state index contributed by atoms with van der Waals surface area (Å²) in [6.07, 6.45) is 1.54. The molecule has 146 valence electrons. The minimum absolute atomic E-state index is 0.0128.